The molecule has 0 aliphatic carbocycles. The van der Waals surface area contributed by atoms with Crippen LogP contribution < -0.4 is 8.80 Å². The highest BCUT2D eigenvalue weighted by atomic mass is 32.1. The molecule has 10 heteroatoms. The van der Waals surface area contributed by atoms with Gasteiger partial charge >= 0.3 is 21.9 Å². The number of carbonyl (C=O) groups is 2. The standard InChI is InChI=1S/C20H24N4O4S2/c1-13-15(23-7-11-29-19(23)21(13)3)17(25)27-9-5-6-10-28-18(26)16-14(2)22(4)20-24(16)8-12-30-20/h7-8,11-12H,5-6,9-10H2,1-4H3/q+2. The second-order valence-corrected chi connectivity index (χ2v) is 8.82. The smallest absolute Gasteiger partial charge is 0.383 e. The Kier molecular flexibility index (Phi) is 5.61. The first-order chi connectivity index (χ1) is 14.4. The Balaban J connectivity index is 1.26. The van der Waals surface area contributed by atoms with E-state index in [2.05, 4.69) is 0 Å². The van der Waals surface area contributed by atoms with Crippen LogP contribution in [-0.2, 0) is 23.6 Å². The largest absolute Gasteiger partial charge is 0.459 e. The summed E-state index contributed by atoms with van der Waals surface area (Å²) in [4.78, 5) is 27.0. The van der Waals surface area contributed by atoms with E-state index in [4.69, 9.17) is 9.47 Å². The molecular formula is C20H24N4O4S2+2. The Morgan fingerprint density at radius 2 is 1.23 bits per heavy atom. The number of unbranched alkanes of at least 4 members (excludes halogenated alkanes) is 1. The van der Waals surface area contributed by atoms with Crippen LogP contribution in [0.4, 0.5) is 0 Å². The van der Waals surface area contributed by atoms with E-state index in [0.717, 1.165) is 21.3 Å². The van der Waals surface area contributed by atoms with E-state index >= 15 is 0 Å². The molecule has 4 aromatic heterocycles. The van der Waals surface area contributed by atoms with Crippen LogP contribution >= 0.6 is 22.7 Å². The van der Waals surface area contributed by atoms with Gasteiger partial charge in [-0.15, -0.1) is 0 Å². The summed E-state index contributed by atoms with van der Waals surface area (Å²) in [6, 6.07) is 0. The zero-order chi connectivity index (χ0) is 21.4. The summed E-state index contributed by atoms with van der Waals surface area (Å²) in [5, 5.41) is 3.88. The van der Waals surface area contributed by atoms with Crippen LogP contribution in [0.15, 0.2) is 23.2 Å². The van der Waals surface area contributed by atoms with Gasteiger partial charge in [0, 0.05) is 24.6 Å². The molecule has 0 bridgehead atoms. The fraction of sp³-hybridized carbons (Fsp3) is 0.400. The van der Waals surface area contributed by atoms with Crippen LogP contribution in [0.25, 0.3) is 9.92 Å². The second kappa shape index (κ2) is 8.19. The zero-order valence-electron chi connectivity index (χ0n) is 17.4. The third-order valence-electron chi connectivity index (χ3n) is 5.32. The van der Waals surface area contributed by atoms with Crippen molar-refractivity contribution in [3.8, 4) is 0 Å². The number of carbonyl (C=O) groups excluding carboxylic acids is 2. The van der Waals surface area contributed by atoms with Crippen molar-refractivity contribution in [2.24, 2.45) is 14.1 Å². The highest BCUT2D eigenvalue weighted by Crippen LogP contribution is 2.15. The second-order valence-electron chi connectivity index (χ2n) is 7.08. The molecule has 0 unspecified atom stereocenters. The van der Waals surface area contributed by atoms with Crippen molar-refractivity contribution in [3.05, 3.63) is 45.9 Å². The lowest BCUT2D eigenvalue weighted by Crippen LogP contribution is -2.27. The number of hydrogen-bond donors (Lipinski definition) is 0. The Hall–Kier alpha value is -2.72. The van der Waals surface area contributed by atoms with E-state index in [0.29, 0.717) is 24.2 Å². The molecule has 8 nitrogen and oxygen atoms in total. The molecule has 0 saturated heterocycles. The molecule has 4 aromatic rings. The average Bonchev–Trinajstić information content (AvgIpc) is 3.46. The molecule has 0 radical (unpaired) electrons. The number of rotatable bonds is 7. The molecule has 0 atom stereocenters. The van der Waals surface area contributed by atoms with Crippen molar-refractivity contribution in [2.75, 3.05) is 13.2 Å². The van der Waals surface area contributed by atoms with Gasteiger partial charge < -0.3 is 9.47 Å². The highest BCUT2D eigenvalue weighted by Gasteiger charge is 2.29. The van der Waals surface area contributed by atoms with Crippen molar-refractivity contribution < 1.29 is 27.9 Å². The molecule has 0 fully saturated rings. The number of fused-ring (bicyclic) bond motifs is 2. The molecule has 4 rings (SSSR count). The highest BCUT2D eigenvalue weighted by molar-refractivity contribution is 7.14. The third kappa shape index (κ3) is 3.39. The minimum Gasteiger partial charge on any atom is -0.459 e. The van der Waals surface area contributed by atoms with Gasteiger partial charge in [0.25, 0.3) is 11.4 Å². The summed E-state index contributed by atoms with van der Waals surface area (Å²) >= 11 is 3.15. The van der Waals surface area contributed by atoms with Crippen molar-refractivity contribution in [2.45, 2.75) is 26.7 Å². The van der Waals surface area contributed by atoms with Crippen LogP contribution in [0.2, 0.25) is 0 Å². The molecule has 0 spiro atoms. The maximum absolute atomic E-state index is 12.5. The Morgan fingerprint density at radius 1 is 0.833 bits per heavy atom. The molecule has 4 heterocycles. The van der Waals surface area contributed by atoms with Gasteiger partial charge in [-0.05, 0) is 12.8 Å². The predicted molar refractivity (Wildman–Crippen MR) is 112 cm³/mol. The third-order valence-corrected chi connectivity index (χ3v) is 7.20. The molecule has 158 valence electrons. The minimum absolute atomic E-state index is 0.283. The summed E-state index contributed by atoms with van der Waals surface area (Å²) < 4.78 is 18.6. The minimum atomic E-state index is -0.338. The molecule has 0 aromatic carbocycles. The molecular weight excluding hydrogens is 424 g/mol. The lowest BCUT2D eigenvalue weighted by atomic mass is 10.3. The number of nitrogens with zero attached hydrogens (tertiary/aromatic N) is 4. The lowest BCUT2D eigenvalue weighted by Gasteiger charge is -2.04. The molecule has 0 N–H and O–H groups in total. The fourth-order valence-corrected chi connectivity index (χ4v) is 5.21. The monoisotopic (exact) mass is 448 g/mol. The van der Waals surface area contributed by atoms with Crippen molar-refractivity contribution in [3.63, 3.8) is 0 Å². The normalized spacial score (nSPS) is 11.5. The summed E-state index contributed by atoms with van der Waals surface area (Å²) in [7, 11) is 3.87. The Labute approximate surface area is 181 Å². The number of ether oxygens (including phenoxy) is 2. The summed E-state index contributed by atoms with van der Waals surface area (Å²) in [5.41, 5.74) is 2.85. The van der Waals surface area contributed by atoms with Gasteiger partial charge in [-0.1, -0.05) is 22.7 Å². The van der Waals surface area contributed by atoms with Crippen LogP contribution in [0.3, 0.4) is 0 Å². The molecule has 30 heavy (non-hydrogen) atoms. The van der Waals surface area contributed by atoms with Gasteiger partial charge in [0.1, 0.15) is 12.4 Å². The summed E-state index contributed by atoms with van der Waals surface area (Å²) in [6.07, 6.45) is 4.99. The first-order valence-corrected chi connectivity index (χ1v) is 11.4. The van der Waals surface area contributed by atoms with Gasteiger partial charge in [0.2, 0.25) is 0 Å². The van der Waals surface area contributed by atoms with Gasteiger partial charge in [0.15, 0.2) is 11.4 Å². The van der Waals surface area contributed by atoms with Crippen LogP contribution in [-0.4, -0.2) is 34.3 Å². The van der Waals surface area contributed by atoms with E-state index < -0.39 is 0 Å². The number of aryl methyl sites for hydroxylation is 2. The number of esters is 2. The molecule has 0 aliphatic rings. The lowest BCUT2D eigenvalue weighted by molar-refractivity contribution is -0.510. The van der Waals surface area contributed by atoms with Gasteiger partial charge in [-0.2, -0.15) is 8.80 Å². The first-order valence-electron chi connectivity index (χ1n) is 9.64. The SMILES string of the molecule is Cc1c(C(=O)OCCCCOC(=O)c2c(C)n(C)c3scc[n+]23)[n+]2ccsc2n1C. The zero-order valence-corrected chi connectivity index (χ0v) is 19.0. The van der Waals surface area contributed by atoms with E-state index in [1.807, 2.05) is 69.0 Å². The average molecular weight is 449 g/mol. The summed E-state index contributed by atoms with van der Waals surface area (Å²) in [6.45, 7) is 4.38. The number of imidazole rings is 2. The van der Waals surface area contributed by atoms with E-state index in [1.54, 1.807) is 22.7 Å². The van der Waals surface area contributed by atoms with Crippen molar-refractivity contribution >= 4 is 44.5 Å². The van der Waals surface area contributed by atoms with Gasteiger partial charge in [-0.25, -0.2) is 18.7 Å². The van der Waals surface area contributed by atoms with E-state index in [-0.39, 0.29) is 25.2 Å². The molecule has 0 aliphatic heterocycles. The van der Waals surface area contributed by atoms with E-state index in [9.17, 15) is 9.59 Å². The van der Waals surface area contributed by atoms with Crippen molar-refractivity contribution in [1.82, 2.24) is 9.13 Å². The number of aromatic nitrogens is 4. The van der Waals surface area contributed by atoms with Crippen molar-refractivity contribution in [1.29, 1.82) is 0 Å². The Morgan fingerprint density at radius 3 is 1.63 bits per heavy atom. The van der Waals surface area contributed by atoms with Crippen LogP contribution in [0.5, 0.6) is 0 Å². The maximum Gasteiger partial charge on any atom is 0.383 e. The predicted octanol–water partition coefficient (Wildman–Crippen LogP) is 2.37. The maximum atomic E-state index is 12.5. The topological polar surface area (TPSA) is 70.7 Å². The van der Waals surface area contributed by atoms with Gasteiger partial charge in [-0.3, -0.25) is 0 Å². The van der Waals surface area contributed by atoms with E-state index in [1.165, 1.54) is 0 Å². The summed E-state index contributed by atoms with van der Waals surface area (Å²) in [5.74, 6) is -0.677. The quantitative estimate of drug-likeness (QED) is 0.247. The number of thiazole rings is 2. The van der Waals surface area contributed by atoms with Crippen LogP contribution in [0, 0.1) is 13.8 Å². The number of hydrogen-bond acceptors (Lipinski definition) is 6. The van der Waals surface area contributed by atoms with Crippen LogP contribution in [0.1, 0.15) is 45.2 Å². The molecule has 0 saturated carbocycles. The first kappa shape index (κ1) is 20.5. The van der Waals surface area contributed by atoms with Gasteiger partial charge in [0.05, 0.1) is 27.3 Å². The molecule has 0 amide bonds. The fourth-order valence-electron chi connectivity index (χ4n) is 3.48. The Bertz CT molecular complexity index is 1150.